The third-order valence-electron chi connectivity index (χ3n) is 3.68. The van der Waals surface area contributed by atoms with Gasteiger partial charge in [-0.3, -0.25) is 0 Å². The van der Waals surface area contributed by atoms with E-state index in [1.807, 2.05) is 35.2 Å². The quantitative estimate of drug-likeness (QED) is 0.556. The fourth-order valence-corrected chi connectivity index (χ4v) is 3.70. The highest BCUT2D eigenvalue weighted by Crippen LogP contribution is 2.26. The monoisotopic (exact) mass is 407 g/mol. The second-order valence-corrected chi connectivity index (χ2v) is 7.66. The molecule has 0 saturated heterocycles. The Morgan fingerprint density at radius 3 is 2.52 bits per heavy atom. The van der Waals surface area contributed by atoms with Gasteiger partial charge in [0, 0.05) is 25.5 Å². The summed E-state index contributed by atoms with van der Waals surface area (Å²) in [6, 6.07) is 11.7. The van der Waals surface area contributed by atoms with Crippen LogP contribution in [-0.2, 0) is 10.0 Å². The van der Waals surface area contributed by atoms with Crippen LogP contribution in [0, 0.1) is 0 Å². The van der Waals surface area contributed by atoms with Crippen molar-refractivity contribution in [1.82, 2.24) is 19.5 Å². The predicted octanol–water partition coefficient (Wildman–Crippen LogP) is 2.32. The largest absolute Gasteiger partial charge is 0.495 e. The number of halogens is 1. The highest BCUT2D eigenvalue weighted by molar-refractivity contribution is 7.89. The second kappa shape index (κ2) is 8.38. The number of nitrogens with one attached hydrogen (secondary N) is 2. The zero-order valence-electron chi connectivity index (χ0n) is 14.5. The molecule has 1 aromatic carbocycles. The first-order valence-corrected chi connectivity index (χ1v) is 9.90. The summed E-state index contributed by atoms with van der Waals surface area (Å²) in [6.07, 6.45) is 3.74. The average molecular weight is 408 g/mol. The van der Waals surface area contributed by atoms with E-state index in [4.69, 9.17) is 16.3 Å². The van der Waals surface area contributed by atoms with Crippen molar-refractivity contribution in [1.29, 1.82) is 0 Å². The molecule has 0 amide bonds. The van der Waals surface area contributed by atoms with Crippen molar-refractivity contribution in [2.45, 2.75) is 4.90 Å². The van der Waals surface area contributed by atoms with Gasteiger partial charge in [0.15, 0.2) is 5.82 Å². The lowest BCUT2D eigenvalue weighted by molar-refractivity contribution is 0.414. The zero-order valence-corrected chi connectivity index (χ0v) is 16.0. The standard InChI is InChI=1S/C17H18ClN5O3S/c1-26-15-5-4-13(12-14(15)18)27(24,25)20-9-8-19-16-6-7-17(22-21-16)23-10-2-3-11-23/h2-7,10-12,20H,8-9H2,1H3,(H,19,21). The third kappa shape index (κ3) is 4.76. The summed E-state index contributed by atoms with van der Waals surface area (Å²) in [6.45, 7) is 0.522. The van der Waals surface area contributed by atoms with Crippen molar-refractivity contribution in [2.24, 2.45) is 0 Å². The first-order chi connectivity index (χ1) is 13.0. The Bertz CT molecular complexity index is 992. The van der Waals surface area contributed by atoms with Crippen molar-refractivity contribution in [3.63, 3.8) is 0 Å². The van der Waals surface area contributed by atoms with E-state index in [0.29, 0.717) is 23.9 Å². The van der Waals surface area contributed by atoms with Crippen LogP contribution < -0.4 is 14.8 Å². The van der Waals surface area contributed by atoms with E-state index in [-0.39, 0.29) is 16.5 Å². The van der Waals surface area contributed by atoms with Crippen molar-refractivity contribution in [2.75, 3.05) is 25.5 Å². The van der Waals surface area contributed by atoms with Crippen molar-refractivity contribution in [3.05, 3.63) is 59.9 Å². The van der Waals surface area contributed by atoms with Gasteiger partial charge >= 0.3 is 0 Å². The van der Waals surface area contributed by atoms with Crippen molar-refractivity contribution < 1.29 is 13.2 Å². The molecule has 0 saturated carbocycles. The molecule has 27 heavy (non-hydrogen) atoms. The molecule has 0 bridgehead atoms. The molecular formula is C17H18ClN5O3S. The number of aromatic nitrogens is 3. The van der Waals surface area contributed by atoms with Crippen LogP contribution in [0.25, 0.3) is 5.82 Å². The Hall–Kier alpha value is -2.62. The topological polar surface area (TPSA) is 98.1 Å². The molecule has 142 valence electrons. The smallest absolute Gasteiger partial charge is 0.240 e. The molecule has 2 N–H and O–H groups in total. The lowest BCUT2D eigenvalue weighted by Gasteiger charge is -2.10. The van der Waals surface area contributed by atoms with Gasteiger partial charge in [0.25, 0.3) is 0 Å². The summed E-state index contributed by atoms with van der Waals surface area (Å²) >= 11 is 5.98. The van der Waals surface area contributed by atoms with Crippen LogP contribution >= 0.6 is 11.6 Å². The Labute approximate surface area is 162 Å². The normalized spacial score (nSPS) is 11.3. The fraction of sp³-hybridized carbons (Fsp3) is 0.176. The van der Waals surface area contributed by atoms with E-state index in [0.717, 1.165) is 0 Å². The number of rotatable bonds is 8. The predicted molar refractivity (Wildman–Crippen MR) is 103 cm³/mol. The molecule has 0 aliphatic rings. The SMILES string of the molecule is COc1ccc(S(=O)(=O)NCCNc2ccc(-n3cccc3)nn2)cc1Cl. The molecule has 3 rings (SSSR count). The molecule has 8 nitrogen and oxygen atoms in total. The maximum Gasteiger partial charge on any atom is 0.240 e. The molecule has 0 unspecified atom stereocenters. The molecule has 2 aromatic heterocycles. The van der Waals surface area contributed by atoms with Crippen molar-refractivity contribution >= 4 is 27.4 Å². The molecule has 0 aliphatic carbocycles. The van der Waals surface area contributed by atoms with Gasteiger partial charge < -0.3 is 14.6 Å². The van der Waals surface area contributed by atoms with Crippen LogP contribution in [-0.4, -0.2) is 43.4 Å². The van der Waals surface area contributed by atoms with Crippen LogP contribution in [0.5, 0.6) is 5.75 Å². The van der Waals surface area contributed by atoms with Crippen LogP contribution in [0.15, 0.2) is 59.8 Å². The maximum absolute atomic E-state index is 12.3. The highest BCUT2D eigenvalue weighted by Gasteiger charge is 2.15. The first-order valence-electron chi connectivity index (χ1n) is 8.04. The van der Waals surface area contributed by atoms with Gasteiger partial charge in [0.1, 0.15) is 11.6 Å². The lowest BCUT2D eigenvalue weighted by atomic mass is 10.3. The molecule has 0 aliphatic heterocycles. The number of methoxy groups -OCH3 is 1. The van der Waals surface area contributed by atoms with Crippen LogP contribution in [0.4, 0.5) is 5.82 Å². The molecular weight excluding hydrogens is 390 g/mol. The minimum atomic E-state index is -3.67. The van der Waals surface area contributed by atoms with Gasteiger partial charge in [0.2, 0.25) is 10.0 Å². The number of benzene rings is 1. The van der Waals surface area contributed by atoms with Gasteiger partial charge in [-0.2, -0.15) is 0 Å². The Morgan fingerprint density at radius 2 is 1.89 bits per heavy atom. The lowest BCUT2D eigenvalue weighted by Crippen LogP contribution is -2.29. The van der Waals surface area contributed by atoms with Crippen LogP contribution in [0.3, 0.4) is 0 Å². The summed E-state index contributed by atoms with van der Waals surface area (Å²) < 4.78 is 34.0. The number of hydrogen-bond acceptors (Lipinski definition) is 6. The van der Waals surface area contributed by atoms with E-state index in [9.17, 15) is 8.42 Å². The van der Waals surface area contributed by atoms with Gasteiger partial charge in [-0.1, -0.05) is 11.6 Å². The molecule has 3 aromatic rings. The number of ether oxygens (including phenoxy) is 1. The van der Waals surface area contributed by atoms with Gasteiger partial charge in [-0.05, 0) is 42.5 Å². The van der Waals surface area contributed by atoms with E-state index < -0.39 is 10.0 Å². The number of nitrogens with zero attached hydrogens (tertiary/aromatic N) is 3. The van der Waals surface area contributed by atoms with Crippen LogP contribution in [0.1, 0.15) is 0 Å². The summed E-state index contributed by atoms with van der Waals surface area (Å²) in [7, 11) is -2.20. The number of sulfonamides is 1. The molecule has 2 heterocycles. The van der Waals surface area contributed by atoms with Crippen LogP contribution in [0.2, 0.25) is 5.02 Å². The molecule has 0 fully saturated rings. The Balaban J connectivity index is 1.52. The Morgan fingerprint density at radius 1 is 1.11 bits per heavy atom. The van der Waals surface area contributed by atoms with E-state index >= 15 is 0 Å². The first kappa shape index (κ1) is 19.2. The van der Waals surface area contributed by atoms with E-state index in [2.05, 4.69) is 20.2 Å². The Kier molecular flexibility index (Phi) is 5.94. The minimum absolute atomic E-state index is 0.0733. The van der Waals surface area contributed by atoms with Gasteiger partial charge in [-0.25, -0.2) is 13.1 Å². The zero-order chi connectivity index (χ0) is 19.3. The summed E-state index contributed by atoms with van der Waals surface area (Å²) in [4.78, 5) is 0.0733. The molecule has 0 atom stereocenters. The average Bonchev–Trinajstić information content (AvgIpc) is 3.20. The summed E-state index contributed by atoms with van der Waals surface area (Å²) in [5.41, 5.74) is 0. The molecule has 0 spiro atoms. The van der Waals surface area contributed by atoms with Crippen molar-refractivity contribution in [3.8, 4) is 11.6 Å². The minimum Gasteiger partial charge on any atom is -0.495 e. The fourth-order valence-electron chi connectivity index (χ4n) is 2.32. The maximum atomic E-state index is 12.3. The summed E-state index contributed by atoms with van der Waals surface area (Å²) in [5, 5.41) is 11.4. The molecule has 0 radical (unpaired) electrons. The number of hydrogen-bond donors (Lipinski definition) is 2. The highest BCUT2D eigenvalue weighted by atomic mass is 35.5. The second-order valence-electron chi connectivity index (χ2n) is 5.49. The number of anilines is 1. The van der Waals surface area contributed by atoms with E-state index in [1.54, 1.807) is 6.07 Å². The third-order valence-corrected chi connectivity index (χ3v) is 5.43. The molecule has 10 heteroatoms. The van der Waals surface area contributed by atoms with Gasteiger partial charge in [0.05, 0.1) is 17.0 Å². The van der Waals surface area contributed by atoms with Gasteiger partial charge in [-0.15, -0.1) is 10.2 Å². The van der Waals surface area contributed by atoms with E-state index in [1.165, 1.54) is 25.3 Å². The summed E-state index contributed by atoms with van der Waals surface area (Å²) in [5.74, 6) is 1.67.